The van der Waals surface area contributed by atoms with Crippen LogP contribution in [0.3, 0.4) is 0 Å². The van der Waals surface area contributed by atoms with Gasteiger partial charge in [0.1, 0.15) is 22.3 Å². The van der Waals surface area contributed by atoms with E-state index in [1.807, 2.05) is 84.9 Å². The fourth-order valence-electron chi connectivity index (χ4n) is 9.97. The molecule has 14 aromatic rings. The maximum Gasteiger partial charge on any atom is 0.166 e. The summed E-state index contributed by atoms with van der Waals surface area (Å²) in [4.78, 5) is 15.6. The van der Waals surface area contributed by atoms with Crippen LogP contribution >= 0.6 is 0 Å². The highest BCUT2D eigenvalue weighted by atomic mass is 16.3. The summed E-state index contributed by atoms with van der Waals surface area (Å²) in [6, 6.07) is 69.5. The van der Waals surface area contributed by atoms with Crippen LogP contribution in [0.4, 0.5) is 0 Å². The minimum atomic E-state index is 0.566. The maximum absolute atomic E-state index is 6.74. The van der Waals surface area contributed by atoms with E-state index in [2.05, 4.69) is 124 Å². The number of aromatic nitrogens is 5. The molecule has 0 saturated heterocycles. The van der Waals surface area contributed by atoms with Crippen molar-refractivity contribution in [2.45, 2.75) is 0 Å². The summed E-state index contributed by atoms with van der Waals surface area (Å²) >= 11 is 0. The number of nitrogens with zero attached hydrogens (tertiary/aromatic N) is 5. The lowest BCUT2D eigenvalue weighted by Gasteiger charge is -2.17. The first-order valence-corrected chi connectivity index (χ1v) is 21.4. The van der Waals surface area contributed by atoms with Crippen LogP contribution in [0.2, 0.25) is 0 Å². The molecule has 0 aliphatic rings. The highest BCUT2D eigenvalue weighted by molar-refractivity contribution is 6.25. The summed E-state index contributed by atoms with van der Waals surface area (Å²) in [5, 5.41) is 8.72. The standard InChI is InChI=1S/C57H33N5O2/c1-3-15-34(16-4-1)55-58-56(35-17-5-2-6-18-35)60-57(59-55)43-28-27-36(61-44-23-11-7-21-41(44)51-46(61)31-29-39-37-19-9-13-25-49(37)63-53(39)51)33-48(43)62-45-24-12-8-22-42(45)52-47(62)32-30-40-38-20-10-14-26-50(38)64-54(40)52/h1-33H. The normalized spacial score (nSPS) is 12.1. The zero-order valence-corrected chi connectivity index (χ0v) is 34.1. The Kier molecular flexibility index (Phi) is 7.27. The molecule has 298 valence electrons. The highest BCUT2D eigenvalue weighted by Gasteiger charge is 2.25. The second-order valence-electron chi connectivity index (χ2n) is 16.3. The lowest BCUT2D eigenvalue weighted by atomic mass is 10.1. The van der Waals surface area contributed by atoms with Gasteiger partial charge >= 0.3 is 0 Å². The smallest absolute Gasteiger partial charge is 0.166 e. The Morgan fingerprint density at radius 2 is 0.781 bits per heavy atom. The molecule has 5 heterocycles. The van der Waals surface area contributed by atoms with Gasteiger partial charge in [0, 0.05) is 54.7 Å². The Morgan fingerprint density at radius 1 is 0.328 bits per heavy atom. The molecule has 5 aromatic heterocycles. The van der Waals surface area contributed by atoms with Gasteiger partial charge in [-0.05, 0) is 66.7 Å². The lowest BCUT2D eigenvalue weighted by molar-refractivity contribution is 0.672. The number of furan rings is 2. The fourth-order valence-corrected chi connectivity index (χ4v) is 9.97. The third-order valence-electron chi connectivity index (χ3n) is 12.8. The Balaban J connectivity index is 1.11. The van der Waals surface area contributed by atoms with E-state index in [-0.39, 0.29) is 0 Å². The van der Waals surface area contributed by atoms with Gasteiger partial charge in [0.2, 0.25) is 0 Å². The van der Waals surface area contributed by atoms with Gasteiger partial charge in [0.05, 0.1) is 38.5 Å². The first-order valence-electron chi connectivity index (χ1n) is 21.4. The van der Waals surface area contributed by atoms with Gasteiger partial charge in [0.15, 0.2) is 17.5 Å². The van der Waals surface area contributed by atoms with Crippen molar-refractivity contribution in [3.05, 3.63) is 200 Å². The molecule has 64 heavy (non-hydrogen) atoms. The molecule has 0 aliphatic heterocycles. The predicted molar refractivity (Wildman–Crippen MR) is 259 cm³/mol. The molecule has 0 unspecified atom stereocenters. The topological polar surface area (TPSA) is 74.8 Å². The fraction of sp³-hybridized carbons (Fsp3) is 0. The highest BCUT2D eigenvalue weighted by Crippen LogP contribution is 2.45. The summed E-state index contributed by atoms with van der Waals surface area (Å²) < 4.78 is 18.1. The van der Waals surface area contributed by atoms with Gasteiger partial charge < -0.3 is 18.0 Å². The summed E-state index contributed by atoms with van der Waals surface area (Å²) in [6.45, 7) is 0. The molecule has 0 amide bonds. The summed E-state index contributed by atoms with van der Waals surface area (Å²) in [7, 11) is 0. The molecule has 0 bridgehead atoms. The zero-order valence-electron chi connectivity index (χ0n) is 34.1. The van der Waals surface area contributed by atoms with Crippen molar-refractivity contribution in [1.29, 1.82) is 0 Å². The number of benzene rings is 9. The Hall–Kier alpha value is -8.81. The van der Waals surface area contributed by atoms with E-state index >= 15 is 0 Å². The van der Waals surface area contributed by atoms with Crippen LogP contribution in [0.5, 0.6) is 0 Å². The summed E-state index contributed by atoms with van der Waals surface area (Å²) in [5.41, 5.74) is 12.2. The van der Waals surface area contributed by atoms with Crippen molar-refractivity contribution in [2.24, 2.45) is 0 Å². The minimum absolute atomic E-state index is 0.566. The molecule has 0 saturated carbocycles. The molecule has 0 aliphatic carbocycles. The third-order valence-corrected chi connectivity index (χ3v) is 12.8. The van der Waals surface area contributed by atoms with E-state index in [1.165, 1.54) is 0 Å². The van der Waals surface area contributed by atoms with Crippen molar-refractivity contribution in [3.63, 3.8) is 0 Å². The van der Waals surface area contributed by atoms with Gasteiger partial charge in [-0.3, -0.25) is 0 Å². The van der Waals surface area contributed by atoms with E-state index in [4.69, 9.17) is 23.8 Å². The van der Waals surface area contributed by atoms with Crippen LogP contribution in [0.25, 0.3) is 133 Å². The van der Waals surface area contributed by atoms with E-state index in [9.17, 15) is 0 Å². The van der Waals surface area contributed by atoms with E-state index in [0.29, 0.717) is 17.5 Å². The van der Waals surface area contributed by atoms with E-state index < -0.39 is 0 Å². The monoisotopic (exact) mass is 819 g/mol. The summed E-state index contributed by atoms with van der Waals surface area (Å²) in [6.07, 6.45) is 0. The lowest BCUT2D eigenvalue weighted by Crippen LogP contribution is -2.05. The van der Waals surface area contributed by atoms with Crippen molar-refractivity contribution in [2.75, 3.05) is 0 Å². The molecule has 0 fully saturated rings. The van der Waals surface area contributed by atoms with Gasteiger partial charge in [0.25, 0.3) is 0 Å². The molecule has 0 atom stereocenters. The summed E-state index contributed by atoms with van der Waals surface area (Å²) in [5.74, 6) is 1.77. The predicted octanol–water partition coefficient (Wildman–Crippen LogP) is 14.9. The van der Waals surface area contributed by atoms with E-state index in [0.717, 1.165) is 116 Å². The molecule has 0 radical (unpaired) electrons. The molecule has 9 aromatic carbocycles. The first kappa shape index (κ1) is 34.9. The molecule has 0 N–H and O–H groups in total. The number of rotatable bonds is 5. The third kappa shape index (κ3) is 5.00. The molecule has 14 rings (SSSR count). The maximum atomic E-state index is 6.74. The van der Waals surface area contributed by atoms with Crippen LogP contribution < -0.4 is 0 Å². The molecule has 7 nitrogen and oxygen atoms in total. The van der Waals surface area contributed by atoms with Gasteiger partial charge in [-0.2, -0.15) is 0 Å². The van der Waals surface area contributed by atoms with Crippen molar-refractivity contribution in [3.8, 4) is 45.5 Å². The van der Waals surface area contributed by atoms with Gasteiger partial charge in [-0.25, -0.2) is 15.0 Å². The van der Waals surface area contributed by atoms with Crippen molar-refractivity contribution in [1.82, 2.24) is 24.1 Å². The quantitative estimate of drug-likeness (QED) is 0.173. The first-order chi connectivity index (χ1) is 31.7. The van der Waals surface area contributed by atoms with Crippen molar-refractivity contribution >= 4 is 87.5 Å². The van der Waals surface area contributed by atoms with Crippen LogP contribution in [-0.4, -0.2) is 24.1 Å². The van der Waals surface area contributed by atoms with Crippen molar-refractivity contribution < 1.29 is 8.83 Å². The number of hydrogen-bond acceptors (Lipinski definition) is 5. The number of fused-ring (bicyclic) bond motifs is 14. The van der Waals surface area contributed by atoms with Crippen LogP contribution in [0.15, 0.2) is 209 Å². The average Bonchev–Trinajstić information content (AvgIpc) is 4.12. The average molecular weight is 820 g/mol. The van der Waals surface area contributed by atoms with Crippen LogP contribution in [0, 0.1) is 0 Å². The molecular formula is C57H33N5O2. The zero-order chi connectivity index (χ0) is 41.9. The molecule has 7 heteroatoms. The Morgan fingerprint density at radius 3 is 1.34 bits per heavy atom. The van der Waals surface area contributed by atoms with Gasteiger partial charge in [-0.15, -0.1) is 0 Å². The Bertz CT molecular complexity index is 4140. The number of para-hydroxylation sites is 4. The van der Waals surface area contributed by atoms with Crippen LogP contribution in [0.1, 0.15) is 0 Å². The van der Waals surface area contributed by atoms with E-state index in [1.54, 1.807) is 0 Å². The second kappa shape index (κ2) is 13.3. The minimum Gasteiger partial charge on any atom is -0.455 e. The number of hydrogen-bond donors (Lipinski definition) is 0. The molecular weight excluding hydrogens is 787 g/mol. The largest absolute Gasteiger partial charge is 0.455 e. The molecule has 0 spiro atoms. The second-order valence-corrected chi connectivity index (χ2v) is 16.3. The van der Waals surface area contributed by atoms with Gasteiger partial charge in [-0.1, -0.05) is 133 Å². The Labute approximate surface area is 364 Å². The SMILES string of the molecule is c1ccc(-c2nc(-c3ccccc3)nc(-c3ccc(-n4c5ccccc5c5c6oc7ccccc7c6ccc54)cc3-n3c4ccccc4c4c5oc6ccccc6c5ccc43)n2)cc1. The van der Waals surface area contributed by atoms with Crippen LogP contribution in [-0.2, 0) is 0 Å².